The van der Waals surface area contributed by atoms with E-state index in [-0.39, 0.29) is 10.6 Å². The number of nitrogens with one attached hydrogen (secondary N) is 1. The van der Waals surface area contributed by atoms with E-state index in [9.17, 15) is 8.42 Å². The fourth-order valence-corrected chi connectivity index (χ4v) is 3.50. The van der Waals surface area contributed by atoms with Crippen LogP contribution in [0.25, 0.3) is 11.3 Å². The molecule has 2 aromatic carbocycles. The molecule has 0 saturated heterocycles. The van der Waals surface area contributed by atoms with Crippen LogP contribution in [0, 0.1) is 6.92 Å². The van der Waals surface area contributed by atoms with Crippen LogP contribution in [-0.4, -0.2) is 20.5 Å². The largest absolute Gasteiger partial charge is 0.495 e. The molecule has 0 spiro atoms. The number of oxazole rings is 1. The predicted octanol–water partition coefficient (Wildman–Crippen LogP) is 4.11. The van der Waals surface area contributed by atoms with Gasteiger partial charge in [-0.15, -0.1) is 0 Å². The first-order chi connectivity index (χ1) is 11.9. The second kappa shape index (κ2) is 6.78. The summed E-state index contributed by atoms with van der Waals surface area (Å²) in [6, 6.07) is 11.0. The molecule has 1 aromatic heterocycles. The Morgan fingerprint density at radius 3 is 2.48 bits per heavy atom. The lowest BCUT2D eigenvalue weighted by Gasteiger charge is -2.12. The SMILES string of the molecule is COc1ccc(Cl)cc1NS(=O)(=O)c1ccc(-c2coc(C)n2)cc1. The van der Waals surface area contributed by atoms with Crippen LogP contribution in [0.1, 0.15) is 5.89 Å². The van der Waals surface area contributed by atoms with Crippen molar-refractivity contribution in [2.45, 2.75) is 11.8 Å². The van der Waals surface area contributed by atoms with Gasteiger partial charge in [0.05, 0.1) is 17.7 Å². The Bertz CT molecular complexity index is 998. The van der Waals surface area contributed by atoms with E-state index in [0.717, 1.165) is 5.56 Å². The van der Waals surface area contributed by atoms with Crippen molar-refractivity contribution >= 4 is 27.3 Å². The molecular formula is C17H15ClN2O4S. The van der Waals surface area contributed by atoms with Crippen LogP contribution in [0.5, 0.6) is 5.75 Å². The Kier molecular flexibility index (Phi) is 4.69. The predicted molar refractivity (Wildman–Crippen MR) is 95.5 cm³/mol. The molecule has 0 aliphatic carbocycles. The van der Waals surface area contributed by atoms with Crippen LogP contribution in [-0.2, 0) is 10.0 Å². The van der Waals surface area contributed by atoms with Gasteiger partial charge in [-0.3, -0.25) is 4.72 Å². The van der Waals surface area contributed by atoms with Crippen molar-refractivity contribution < 1.29 is 17.6 Å². The summed E-state index contributed by atoms with van der Waals surface area (Å²) in [6.07, 6.45) is 1.52. The Hall–Kier alpha value is -2.51. The number of methoxy groups -OCH3 is 1. The molecule has 8 heteroatoms. The quantitative estimate of drug-likeness (QED) is 0.722. The first-order valence-electron chi connectivity index (χ1n) is 7.28. The molecule has 0 atom stereocenters. The zero-order valence-corrected chi connectivity index (χ0v) is 15.1. The Balaban J connectivity index is 1.89. The number of ether oxygens (including phenoxy) is 1. The van der Waals surface area contributed by atoms with Gasteiger partial charge in [0.25, 0.3) is 10.0 Å². The average Bonchev–Trinajstić information content (AvgIpc) is 3.01. The highest BCUT2D eigenvalue weighted by molar-refractivity contribution is 7.92. The minimum atomic E-state index is -3.79. The van der Waals surface area contributed by atoms with Crippen molar-refractivity contribution in [1.29, 1.82) is 0 Å². The highest BCUT2D eigenvalue weighted by Crippen LogP contribution is 2.30. The van der Waals surface area contributed by atoms with Crippen LogP contribution in [0.2, 0.25) is 5.02 Å². The van der Waals surface area contributed by atoms with Crippen molar-refractivity contribution in [3.8, 4) is 17.0 Å². The van der Waals surface area contributed by atoms with Crippen LogP contribution in [0.4, 0.5) is 5.69 Å². The van der Waals surface area contributed by atoms with E-state index in [4.69, 9.17) is 20.8 Å². The third-order valence-corrected chi connectivity index (χ3v) is 5.10. The standard InChI is InChI=1S/C17H15ClN2O4S/c1-11-19-16(10-24-11)12-3-6-14(7-4-12)25(21,22)20-15-9-13(18)5-8-17(15)23-2/h3-10,20H,1-2H3. The molecule has 1 heterocycles. The lowest BCUT2D eigenvalue weighted by molar-refractivity contribution is 0.417. The van der Waals surface area contributed by atoms with Crippen molar-refractivity contribution in [2.24, 2.45) is 0 Å². The molecule has 1 N–H and O–H groups in total. The van der Waals surface area contributed by atoms with Gasteiger partial charge in [-0.2, -0.15) is 0 Å². The summed E-state index contributed by atoms with van der Waals surface area (Å²) in [5.74, 6) is 0.920. The minimum absolute atomic E-state index is 0.110. The molecule has 0 radical (unpaired) electrons. The molecule has 3 aromatic rings. The topological polar surface area (TPSA) is 81.4 Å². The third-order valence-electron chi connectivity index (χ3n) is 3.49. The number of halogens is 1. The molecule has 0 fully saturated rings. The van der Waals surface area contributed by atoms with Crippen LogP contribution in [0.15, 0.2) is 58.0 Å². The number of benzene rings is 2. The van der Waals surface area contributed by atoms with Gasteiger partial charge in [-0.05, 0) is 30.3 Å². The van der Waals surface area contributed by atoms with Crippen LogP contribution >= 0.6 is 11.6 Å². The lowest BCUT2D eigenvalue weighted by atomic mass is 10.2. The van der Waals surface area contributed by atoms with E-state index in [1.54, 1.807) is 31.2 Å². The second-order valence-corrected chi connectivity index (χ2v) is 7.35. The number of hydrogen-bond acceptors (Lipinski definition) is 5. The minimum Gasteiger partial charge on any atom is -0.495 e. The number of anilines is 1. The van der Waals surface area contributed by atoms with E-state index in [1.807, 2.05) is 0 Å². The molecule has 25 heavy (non-hydrogen) atoms. The smallest absolute Gasteiger partial charge is 0.262 e. The highest BCUT2D eigenvalue weighted by atomic mass is 35.5. The summed E-state index contributed by atoms with van der Waals surface area (Å²) in [6.45, 7) is 1.74. The maximum atomic E-state index is 12.6. The summed E-state index contributed by atoms with van der Waals surface area (Å²) < 4.78 is 38.0. The third kappa shape index (κ3) is 3.78. The van der Waals surface area contributed by atoms with Gasteiger partial charge >= 0.3 is 0 Å². The maximum Gasteiger partial charge on any atom is 0.262 e. The molecule has 0 aliphatic heterocycles. The molecule has 130 valence electrons. The molecule has 6 nitrogen and oxygen atoms in total. The fourth-order valence-electron chi connectivity index (χ4n) is 2.26. The summed E-state index contributed by atoms with van der Waals surface area (Å²) in [5.41, 5.74) is 1.67. The summed E-state index contributed by atoms with van der Waals surface area (Å²) in [7, 11) is -2.33. The maximum absolute atomic E-state index is 12.6. The fraction of sp³-hybridized carbons (Fsp3) is 0.118. The monoisotopic (exact) mass is 378 g/mol. The van der Waals surface area contributed by atoms with Crippen molar-refractivity contribution in [1.82, 2.24) is 4.98 Å². The van der Waals surface area contributed by atoms with E-state index in [0.29, 0.717) is 22.4 Å². The molecule has 3 rings (SSSR count). The van der Waals surface area contributed by atoms with Gasteiger partial charge in [0, 0.05) is 17.5 Å². The van der Waals surface area contributed by atoms with Gasteiger partial charge in [-0.25, -0.2) is 13.4 Å². The molecular weight excluding hydrogens is 364 g/mol. The molecule has 0 bridgehead atoms. The number of hydrogen-bond donors (Lipinski definition) is 1. The average molecular weight is 379 g/mol. The second-order valence-electron chi connectivity index (χ2n) is 5.23. The van der Waals surface area contributed by atoms with E-state index in [2.05, 4.69) is 9.71 Å². The van der Waals surface area contributed by atoms with Crippen LogP contribution < -0.4 is 9.46 Å². The van der Waals surface area contributed by atoms with Crippen molar-refractivity contribution in [3.05, 3.63) is 59.6 Å². The Morgan fingerprint density at radius 1 is 1.16 bits per heavy atom. The van der Waals surface area contributed by atoms with Crippen molar-refractivity contribution in [3.63, 3.8) is 0 Å². The number of aryl methyl sites for hydroxylation is 1. The van der Waals surface area contributed by atoms with Gasteiger partial charge in [-0.1, -0.05) is 23.7 Å². The number of nitrogens with zero attached hydrogens (tertiary/aromatic N) is 1. The normalized spacial score (nSPS) is 11.3. The van der Waals surface area contributed by atoms with Crippen LogP contribution in [0.3, 0.4) is 0 Å². The van der Waals surface area contributed by atoms with Gasteiger partial charge in [0.1, 0.15) is 17.7 Å². The number of sulfonamides is 1. The highest BCUT2D eigenvalue weighted by Gasteiger charge is 2.17. The molecule has 0 amide bonds. The Morgan fingerprint density at radius 2 is 1.88 bits per heavy atom. The number of aromatic nitrogens is 1. The van der Waals surface area contributed by atoms with Gasteiger partial charge in [0.15, 0.2) is 5.89 Å². The Labute approximate surface area is 150 Å². The number of rotatable bonds is 5. The zero-order valence-electron chi connectivity index (χ0n) is 13.5. The summed E-state index contributed by atoms with van der Waals surface area (Å²) >= 11 is 5.93. The van der Waals surface area contributed by atoms with Gasteiger partial charge < -0.3 is 9.15 Å². The van der Waals surface area contributed by atoms with E-state index >= 15 is 0 Å². The molecule has 0 saturated carbocycles. The zero-order chi connectivity index (χ0) is 18.0. The van der Waals surface area contributed by atoms with E-state index in [1.165, 1.54) is 31.6 Å². The summed E-state index contributed by atoms with van der Waals surface area (Å²) in [4.78, 5) is 4.32. The van der Waals surface area contributed by atoms with Crippen molar-refractivity contribution in [2.75, 3.05) is 11.8 Å². The van der Waals surface area contributed by atoms with E-state index < -0.39 is 10.0 Å². The molecule has 0 unspecified atom stereocenters. The lowest BCUT2D eigenvalue weighted by Crippen LogP contribution is -2.13. The first kappa shape index (κ1) is 17.3. The first-order valence-corrected chi connectivity index (χ1v) is 9.14. The summed E-state index contributed by atoms with van der Waals surface area (Å²) in [5, 5.41) is 0.398. The van der Waals surface area contributed by atoms with Gasteiger partial charge in [0.2, 0.25) is 0 Å². The molecule has 0 aliphatic rings.